The van der Waals surface area contributed by atoms with E-state index in [4.69, 9.17) is 16.3 Å². The van der Waals surface area contributed by atoms with Gasteiger partial charge in [0.2, 0.25) is 0 Å². The Morgan fingerprint density at radius 1 is 1.26 bits per heavy atom. The smallest absolute Gasteiger partial charge is 0.338 e. The zero-order chi connectivity index (χ0) is 24.4. The van der Waals surface area contributed by atoms with Crippen LogP contribution in [0.25, 0.3) is 6.20 Å². The standard InChI is InChI=1S/C24H20ClN3O5S/c1-3-33-23(32)19-13(2)27-24-28(20(19)14-7-5-4-6-8-14)21(29)18(34-24)12-26-17-11-15(22(30)31)9-10-16(17)25/h4-12,20,26H,3H2,1-2H3,(H,30,31)/b18-12-/t20-/m1/s1. The quantitative estimate of drug-likeness (QED) is 0.506. The Morgan fingerprint density at radius 3 is 2.68 bits per heavy atom. The summed E-state index contributed by atoms with van der Waals surface area (Å²) in [6, 6.07) is 12.8. The van der Waals surface area contributed by atoms with E-state index in [2.05, 4.69) is 10.3 Å². The van der Waals surface area contributed by atoms with Gasteiger partial charge in [0.15, 0.2) is 4.80 Å². The molecule has 1 aromatic heterocycles. The minimum absolute atomic E-state index is 0.0561. The summed E-state index contributed by atoms with van der Waals surface area (Å²) in [6.07, 6.45) is 1.46. The number of aromatic nitrogens is 1. The minimum atomic E-state index is -1.09. The number of carbonyl (C=O) groups excluding carboxylic acids is 1. The predicted octanol–water partition coefficient (Wildman–Crippen LogP) is 3.17. The topological polar surface area (TPSA) is 110 Å². The Kier molecular flexibility index (Phi) is 6.67. The highest BCUT2D eigenvalue weighted by Gasteiger charge is 2.33. The van der Waals surface area contributed by atoms with Gasteiger partial charge in [-0.1, -0.05) is 53.3 Å². The molecular formula is C24H20ClN3O5S. The highest BCUT2D eigenvalue weighted by Crippen LogP contribution is 2.30. The van der Waals surface area contributed by atoms with Gasteiger partial charge in [0, 0.05) is 6.20 Å². The number of hydrogen-bond donors (Lipinski definition) is 2. The molecule has 0 unspecified atom stereocenters. The molecule has 0 saturated carbocycles. The third-order valence-corrected chi connectivity index (χ3v) is 6.52. The van der Waals surface area contributed by atoms with Gasteiger partial charge in [-0.25, -0.2) is 14.6 Å². The van der Waals surface area contributed by atoms with Crippen molar-refractivity contribution in [3.8, 4) is 0 Å². The number of nitrogens with one attached hydrogen (secondary N) is 1. The lowest BCUT2D eigenvalue weighted by Crippen LogP contribution is -2.40. The van der Waals surface area contributed by atoms with Crippen LogP contribution in [0, 0.1) is 0 Å². The molecule has 10 heteroatoms. The summed E-state index contributed by atoms with van der Waals surface area (Å²) >= 11 is 7.33. The van der Waals surface area contributed by atoms with E-state index in [0.29, 0.717) is 31.3 Å². The van der Waals surface area contributed by atoms with Crippen LogP contribution in [0.4, 0.5) is 5.69 Å². The number of anilines is 1. The van der Waals surface area contributed by atoms with Gasteiger partial charge in [-0.3, -0.25) is 9.36 Å². The van der Waals surface area contributed by atoms with Crippen molar-refractivity contribution in [2.24, 2.45) is 4.99 Å². The number of rotatable bonds is 6. The number of benzene rings is 2. The van der Waals surface area contributed by atoms with Crippen molar-refractivity contribution in [3.05, 3.63) is 95.6 Å². The van der Waals surface area contributed by atoms with Crippen molar-refractivity contribution in [2.75, 3.05) is 11.9 Å². The molecule has 0 radical (unpaired) electrons. The molecule has 1 aliphatic rings. The summed E-state index contributed by atoms with van der Waals surface area (Å²) in [4.78, 5) is 42.5. The summed E-state index contributed by atoms with van der Waals surface area (Å²) in [5, 5.41) is 12.4. The highest BCUT2D eigenvalue weighted by molar-refractivity contribution is 7.07. The predicted molar refractivity (Wildman–Crippen MR) is 130 cm³/mol. The van der Waals surface area contributed by atoms with Crippen LogP contribution in [0.1, 0.15) is 35.8 Å². The summed E-state index contributed by atoms with van der Waals surface area (Å²) < 4.78 is 7.05. The monoisotopic (exact) mass is 497 g/mol. The maximum Gasteiger partial charge on any atom is 0.338 e. The van der Waals surface area contributed by atoms with Gasteiger partial charge in [-0.2, -0.15) is 0 Å². The number of carbonyl (C=O) groups is 2. The number of carboxylic acids is 1. The molecule has 0 bridgehead atoms. The molecule has 174 valence electrons. The first-order valence-electron chi connectivity index (χ1n) is 10.3. The first-order chi connectivity index (χ1) is 16.3. The molecule has 0 fully saturated rings. The summed E-state index contributed by atoms with van der Waals surface area (Å²) in [5.41, 5.74) is 1.57. The number of fused-ring (bicyclic) bond motifs is 1. The molecular weight excluding hydrogens is 478 g/mol. The van der Waals surface area contributed by atoms with Crippen LogP contribution in [0.2, 0.25) is 5.02 Å². The van der Waals surface area contributed by atoms with E-state index in [1.807, 2.05) is 30.3 Å². The largest absolute Gasteiger partial charge is 0.478 e. The molecule has 1 aliphatic heterocycles. The fourth-order valence-electron chi connectivity index (χ4n) is 3.65. The lowest BCUT2D eigenvalue weighted by molar-refractivity contribution is -0.139. The van der Waals surface area contributed by atoms with E-state index in [1.165, 1.54) is 29.0 Å². The number of halogens is 1. The minimum Gasteiger partial charge on any atom is -0.478 e. The second kappa shape index (κ2) is 9.66. The van der Waals surface area contributed by atoms with Gasteiger partial charge < -0.3 is 15.2 Å². The van der Waals surface area contributed by atoms with E-state index in [0.717, 1.165) is 16.9 Å². The third-order valence-electron chi connectivity index (χ3n) is 5.20. The molecule has 0 saturated heterocycles. The molecule has 0 spiro atoms. The van der Waals surface area contributed by atoms with Crippen LogP contribution in [-0.2, 0) is 9.53 Å². The number of hydrogen-bond acceptors (Lipinski definition) is 7. The van der Waals surface area contributed by atoms with Crippen molar-refractivity contribution in [2.45, 2.75) is 19.9 Å². The zero-order valence-electron chi connectivity index (χ0n) is 18.2. The lowest BCUT2D eigenvalue weighted by Gasteiger charge is -2.24. The molecule has 0 amide bonds. The van der Waals surface area contributed by atoms with Gasteiger partial charge in [0.05, 0.1) is 40.2 Å². The molecule has 2 aromatic carbocycles. The van der Waals surface area contributed by atoms with Crippen LogP contribution in [0.3, 0.4) is 0 Å². The van der Waals surface area contributed by atoms with Gasteiger partial charge in [-0.15, -0.1) is 0 Å². The van der Waals surface area contributed by atoms with Gasteiger partial charge in [0.1, 0.15) is 4.53 Å². The van der Waals surface area contributed by atoms with Crippen LogP contribution in [0.15, 0.2) is 69.6 Å². The number of nitrogens with zero attached hydrogens (tertiary/aromatic N) is 2. The normalized spacial score (nSPS) is 15.5. The molecule has 2 N–H and O–H groups in total. The van der Waals surface area contributed by atoms with Gasteiger partial charge in [0.25, 0.3) is 5.56 Å². The van der Waals surface area contributed by atoms with E-state index in [1.54, 1.807) is 13.8 Å². The van der Waals surface area contributed by atoms with Crippen molar-refractivity contribution in [1.82, 2.24) is 4.57 Å². The van der Waals surface area contributed by atoms with E-state index in [9.17, 15) is 19.5 Å². The van der Waals surface area contributed by atoms with Crippen LogP contribution in [-0.4, -0.2) is 28.2 Å². The SMILES string of the molecule is CCOC(=O)C1=C(C)N=c2s/c(=C\Nc3cc(C(=O)O)ccc3Cl)c(=O)n2[C@@H]1c1ccccc1. The number of esters is 1. The van der Waals surface area contributed by atoms with Crippen LogP contribution < -0.4 is 20.2 Å². The first-order valence-corrected chi connectivity index (χ1v) is 11.5. The van der Waals surface area contributed by atoms with Gasteiger partial charge >= 0.3 is 11.9 Å². The fraction of sp³-hybridized carbons (Fsp3) is 0.167. The first kappa shape index (κ1) is 23.5. The Hall–Kier alpha value is -3.69. The van der Waals surface area contributed by atoms with Crippen molar-refractivity contribution >= 4 is 46.8 Å². The van der Waals surface area contributed by atoms with Crippen molar-refractivity contribution in [3.63, 3.8) is 0 Å². The maximum absolute atomic E-state index is 13.5. The third kappa shape index (κ3) is 4.40. The fourth-order valence-corrected chi connectivity index (χ4v) is 4.80. The molecule has 4 rings (SSSR count). The van der Waals surface area contributed by atoms with Crippen LogP contribution in [0.5, 0.6) is 0 Å². The van der Waals surface area contributed by atoms with Crippen molar-refractivity contribution in [1.29, 1.82) is 0 Å². The number of aromatic carboxylic acids is 1. The summed E-state index contributed by atoms with van der Waals surface area (Å²) in [7, 11) is 0. The number of carboxylic acid groups (broad SMARTS) is 1. The summed E-state index contributed by atoms with van der Waals surface area (Å²) in [5.74, 6) is -1.62. The number of ether oxygens (including phenoxy) is 1. The average molecular weight is 498 g/mol. The zero-order valence-corrected chi connectivity index (χ0v) is 19.8. The number of thiazole rings is 1. The molecule has 34 heavy (non-hydrogen) atoms. The Labute approximate surface area is 203 Å². The molecule has 3 aromatic rings. The van der Waals surface area contributed by atoms with E-state index >= 15 is 0 Å². The molecule has 8 nitrogen and oxygen atoms in total. The summed E-state index contributed by atoms with van der Waals surface area (Å²) in [6.45, 7) is 3.63. The lowest BCUT2D eigenvalue weighted by atomic mass is 9.96. The average Bonchev–Trinajstić information content (AvgIpc) is 3.12. The van der Waals surface area contributed by atoms with Gasteiger partial charge in [-0.05, 0) is 37.6 Å². The molecule has 1 atom stereocenters. The second-order valence-electron chi connectivity index (χ2n) is 7.36. The van der Waals surface area contributed by atoms with E-state index < -0.39 is 18.0 Å². The van der Waals surface area contributed by atoms with Crippen molar-refractivity contribution < 1.29 is 19.4 Å². The van der Waals surface area contributed by atoms with Crippen LogP contribution >= 0.6 is 22.9 Å². The second-order valence-corrected chi connectivity index (χ2v) is 8.77. The van der Waals surface area contributed by atoms with E-state index in [-0.39, 0.29) is 17.7 Å². The molecule has 0 aliphatic carbocycles. The Balaban J connectivity index is 1.84. The Morgan fingerprint density at radius 2 is 2.00 bits per heavy atom. The highest BCUT2D eigenvalue weighted by atomic mass is 35.5. The maximum atomic E-state index is 13.5. The Bertz CT molecular complexity index is 1490. The number of allylic oxidation sites excluding steroid dienone is 1. The molecule has 2 heterocycles.